The highest BCUT2D eigenvalue weighted by Gasteiger charge is 2.57. The molecule has 0 radical (unpaired) electrons. The lowest BCUT2D eigenvalue weighted by molar-refractivity contribution is -0.123. The van der Waals surface area contributed by atoms with Gasteiger partial charge >= 0.3 is 0 Å². The Morgan fingerprint density at radius 3 is 2.64 bits per heavy atom. The summed E-state index contributed by atoms with van der Waals surface area (Å²) in [4.78, 5) is 17.4. The Morgan fingerprint density at radius 2 is 1.96 bits per heavy atom. The number of amides is 1. The summed E-state index contributed by atoms with van der Waals surface area (Å²) in [5.74, 6) is 1.66. The molecule has 4 bridgehead atoms. The quantitative estimate of drug-likeness (QED) is 0.452. The van der Waals surface area contributed by atoms with Crippen LogP contribution in [0.15, 0.2) is 23.6 Å². The zero-order valence-electron chi connectivity index (χ0n) is 15.3. The molecule has 0 saturated heterocycles. The molecule has 148 valence electrons. The molecule has 0 unspecified atom stereocenters. The third kappa shape index (κ3) is 3.64. The van der Waals surface area contributed by atoms with Crippen molar-refractivity contribution in [3.63, 3.8) is 0 Å². The smallest absolute Gasteiger partial charge is 0.226 e. The van der Waals surface area contributed by atoms with E-state index in [1.165, 1.54) is 43.4 Å². The fourth-order valence-electron chi connectivity index (χ4n) is 6.17. The summed E-state index contributed by atoms with van der Waals surface area (Å²) < 4.78 is 0.277. The summed E-state index contributed by atoms with van der Waals surface area (Å²) in [6.07, 6.45) is 8.07. The SMILES string of the molecule is O=C(CC12C[C@H]3C[C@@H](CC(Br)(C3)C1)C2)Nc1nc(-c2ccc(Cl)c(Cl)c2)cs1. The van der Waals surface area contributed by atoms with E-state index in [1.54, 1.807) is 12.1 Å². The molecule has 1 amide bonds. The van der Waals surface area contributed by atoms with Gasteiger partial charge in [0.2, 0.25) is 5.91 Å². The minimum absolute atomic E-state index is 0.0908. The number of aromatic nitrogens is 1. The van der Waals surface area contributed by atoms with Crippen LogP contribution in [0.25, 0.3) is 11.3 Å². The fourth-order valence-corrected chi connectivity index (χ4v) is 8.71. The van der Waals surface area contributed by atoms with Gasteiger partial charge in [0.05, 0.1) is 15.7 Å². The largest absolute Gasteiger partial charge is 0.302 e. The van der Waals surface area contributed by atoms with Crippen molar-refractivity contribution in [1.29, 1.82) is 0 Å². The average molecular weight is 500 g/mol. The Kier molecular flexibility index (Phi) is 4.82. The highest BCUT2D eigenvalue weighted by Crippen LogP contribution is 2.65. The summed E-state index contributed by atoms with van der Waals surface area (Å²) in [5, 5.41) is 6.65. The minimum Gasteiger partial charge on any atom is -0.302 e. The first-order valence-corrected chi connectivity index (χ1v) is 12.1. The van der Waals surface area contributed by atoms with Gasteiger partial charge in [0.25, 0.3) is 0 Å². The van der Waals surface area contributed by atoms with Gasteiger partial charge in [-0.2, -0.15) is 0 Å². The van der Waals surface area contributed by atoms with Crippen LogP contribution in [0.3, 0.4) is 0 Å². The number of alkyl halides is 1. The third-order valence-corrected chi connectivity index (χ3v) is 9.04. The Morgan fingerprint density at radius 1 is 1.21 bits per heavy atom. The van der Waals surface area contributed by atoms with Crippen molar-refractivity contribution in [2.45, 2.75) is 49.3 Å². The summed E-state index contributed by atoms with van der Waals surface area (Å²) in [5.41, 5.74) is 1.86. The number of hydrogen-bond donors (Lipinski definition) is 1. The first kappa shape index (κ1) is 19.3. The molecule has 0 aliphatic heterocycles. The van der Waals surface area contributed by atoms with Gasteiger partial charge in [-0.15, -0.1) is 11.3 Å². The zero-order chi connectivity index (χ0) is 19.5. The van der Waals surface area contributed by atoms with E-state index in [-0.39, 0.29) is 15.6 Å². The van der Waals surface area contributed by atoms with Crippen LogP contribution in [0.5, 0.6) is 0 Å². The number of anilines is 1. The Hall–Kier alpha value is -0.620. The second-order valence-electron chi connectivity index (χ2n) is 9.00. The maximum absolute atomic E-state index is 12.8. The molecule has 6 rings (SSSR count). The number of thiazole rings is 1. The van der Waals surface area contributed by atoms with E-state index in [2.05, 4.69) is 26.2 Å². The normalized spacial score (nSPS) is 33.2. The summed E-state index contributed by atoms with van der Waals surface area (Å²) in [7, 11) is 0. The molecule has 4 fully saturated rings. The predicted molar refractivity (Wildman–Crippen MR) is 120 cm³/mol. The van der Waals surface area contributed by atoms with E-state index < -0.39 is 0 Å². The predicted octanol–water partition coefficient (Wildman–Crippen LogP) is 7.18. The van der Waals surface area contributed by atoms with Crippen LogP contribution in [0.1, 0.15) is 44.9 Å². The molecule has 4 aliphatic carbocycles. The van der Waals surface area contributed by atoms with Gasteiger partial charge in [0.1, 0.15) is 0 Å². The van der Waals surface area contributed by atoms with Gasteiger partial charge in [-0.3, -0.25) is 4.79 Å². The van der Waals surface area contributed by atoms with E-state index in [4.69, 9.17) is 23.2 Å². The topological polar surface area (TPSA) is 42.0 Å². The number of nitrogens with zero attached hydrogens (tertiary/aromatic N) is 1. The highest BCUT2D eigenvalue weighted by molar-refractivity contribution is 9.10. The van der Waals surface area contributed by atoms with Crippen molar-refractivity contribution >= 4 is 61.5 Å². The molecule has 0 spiro atoms. The fraction of sp³-hybridized carbons (Fsp3) is 0.524. The van der Waals surface area contributed by atoms with Gasteiger partial charge in [0.15, 0.2) is 5.13 Å². The number of nitrogens with one attached hydrogen (secondary N) is 1. The maximum atomic E-state index is 12.8. The van der Waals surface area contributed by atoms with Crippen molar-refractivity contribution in [3.8, 4) is 11.3 Å². The summed E-state index contributed by atoms with van der Waals surface area (Å²) in [6.45, 7) is 0. The molecular formula is C21H21BrCl2N2OS. The van der Waals surface area contributed by atoms with Crippen molar-refractivity contribution in [2.24, 2.45) is 17.3 Å². The summed E-state index contributed by atoms with van der Waals surface area (Å²) >= 11 is 17.6. The van der Waals surface area contributed by atoms with Crippen LogP contribution < -0.4 is 5.32 Å². The van der Waals surface area contributed by atoms with Crippen LogP contribution in [-0.4, -0.2) is 15.2 Å². The van der Waals surface area contributed by atoms with Crippen molar-refractivity contribution in [1.82, 2.24) is 4.98 Å². The Bertz CT molecular complexity index is 932. The van der Waals surface area contributed by atoms with Gasteiger partial charge in [-0.1, -0.05) is 45.2 Å². The molecule has 28 heavy (non-hydrogen) atoms. The number of halogens is 3. The van der Waals surface area contributed by atoms with Crippen LogP contribution in [0, 0.1) is 17.3 Å². The number of hydrogen-bond acceptors (Lipinski definition) is 3. The number of carbonyl (C=O) groups excluding carboxylic acids is 1. The zero-order valence-corrected chi connectivity index (χ0v) is 19.2. The van der Waals surface area contributed by atoms with Gasteiger partial charge in [-0.05, 0) is 67.9 Å². The standard InChI is InChI=1S/C21H21BrCl2N2OS/c22-21-7-12-3-13(8-21)6-20(5-12,11-21)9-18(27)26-19-25-17(10-28-19)14-1-2-15(23)16(24)4-14/h1-2,4,10,12-13H,3,5-9,11H2,(H,25,26,27)/t12-,13-,20?,21?/m1/s1. The monoisotopic (exact) mass is 498 g/mol. The second-order valence-corrected chi connectivity index (χ2v) is 12.4. The van der Waals surface area contributed by atoms with Crippen molar-refractivity contribution < 1.29 is 4.79 Å². The van der Waals surface area contributed by atoms with Crippen molar-refractivity contribution in [3.05, 3.63) is 33.6 Å². The molecule has 1 aromatic heterocycles. The maximum Gasteiger partial charge on any atom is 0.226 e. The first-order valence-electron chi connectivity index (χ1n) is 9.71. The third-order valence-electron chi connectivity index (χ3n) is 6.61. The molecule has 2 atom stereocenters. The molecule has 1 N–H and O–H groups in total. The molecule has 2 aromatic rings. The lowest BCUT2D eigenvalue weighted by atomic mass is 9.48. The van der Waals surface area contributed by atoms with E-state index in [9.17, 15) is 4.79 Å². The lowest BCUT2D eigenvalue weighted by Crippen LogP contribution is -2.53. The first-order chi connectivity index (χ1) is 13.3. The van der Waals surface area contributed by atoms with Crippen LogP contribution in [0.2, 0.25) is 10.0 Å². The number of carbonyl (C=O) groups is 1. The molecule has 1 heterocycles. The summed E-state index contributed by atoms with van der Waals surface area (Å²) in [6, 6.07) is 5.45. The average Bonchev–Trinajstić information content (AvgIpc) is 3.02. The molecule has 1 aromatic carbocycles. The van der Waals surface area contributed by atoms with Crippen molar-refractivity contribution in [2.75, 3.05) is 5.32 Å². The van der Waals surface area contributed by atoms with Gasteiger partial charge in [-0.25, -0.2) is 4.98 Å². The van der Waals surface area contributed by atoms with E-state index in [0.717, 1.165) is 29.5 Å². The van der Waals surface area contributed by atoms with Crippen LogP contribution in [0.4, 0.5) is 5.13 Å². The van der Waals surface area contributed by atoms with E-state index >= 15 is 0 Å². The Balaban J connectivity index is 1.28. The number of benzene rings is 1. The highest BCUT2D eigenvalue weighted by atomic mass is 79.9. The molecular weight excluding hydrogens is 479 g/mol. The Labute approximate surface area is 187 Å². The van der Waals surface area contributed by atoms with Crippen LogP contribution >= 0.6 is 50.5 Å². The lowest BCUT2D eigenvalue weighted by Gasteiger charge is -2.60. The molecule has 7 heteroatoms. The van der Waals surface area contributed by atoms with Gasteiger partial charge < -0.3 is 5.32 Å². The van der Waals surface area contributed by atoms with Crippen LogP contribution in [-0.2, 0) is 4.79 Å². The number of rotatable bonds is 4. The molecule has 4 saturated carbocycles. The second kappa shape index (κ2) is 6.97. The van der Waals surface area contributed by atoms with E-state index in [0.29, 0.717) is 21.6 Å². The van der Waals surface area contributed by atoms with Gasteiger partial charge in [0, 0.05) is 21.7 Å². The molecule has 4 aliphatic rings. The minimum atomic E-state index is 0.0908. The molecule has 3 nitrogen and oxygen atoms in total. The van der Waals surface area contributed by atoms with E-state index in [1.807, 2.05) is 11.4 Å².